The maximum absolute atomic E-state index is 11.4. The van der Waals surface area contributed by atoms with E-state index in [1.165, 1.54) is 6.92 Å². The van der Waals surface area contributed by atoms with Gasteiger partial charge in [-0.1, -0.05) is 23.7 Å². The number of hydrogen-bond acceptors (Lipinski definition) is 4. The van der Waals surface area contributed by atoms with Crippen molar-refractivity contribution in [1.29, 1.82) is 0 Å². The van der Waals surface area contributed by atoms with Gasteiger partial charge in [0.05, 0.1) is 23.6 Å². The summed E-state index contributed by atoms with van der Waals surface area (Å²) in [5, 5.41) is 14.0. The first-order chi connectivity index (χ1) is 12.9. The third kappa shape index (κ3) is 4.78. The Bertz CT molecular complexity index is 924. The first-order valence-electron chi connectivity index (χ1n) is 8.72. The molecule has 0 saturated heterocycles. The molecule has 7 heteroatoms. The molecular formula is C20H22ClN3O3. The van der Waals surface area contributed by atoms with E-state index in [0.717, 1.165) is 11.0 Å². The molecule has 0 saturated carbocycles. The predicted molar refractivity (Wildman–Crippen MR) is 105 cm³/mol. The van der Waals surface area contributed by atoms with Crippen LogP contribution in [0.4, 0.5) is 0 Å². The van der Waals surface area contributed by atoms with Gasteiger partial charge in [0, 0.05) is 11.9 Å². The molecule has 0 aliphatic carbocycles. The second-order valence-electron chi connectivity index (χ2n) is 6.41. The van der Waals surface area contributed by atoms with Crippen LogP contribution in [0.15, 0.2) is 48.5 Å². The first kappa shape index (κ1) is 19.2. The predicted octanol–water partition coefficient (Wildman–Crippen LogP) is 3.33. The van der Waals surface area contributed by atoms with Crippen LogP contribution in [0.5, 0.6) is 5.75 Å². The molecule has 1 amide bonds. The lowest BCUT2D eigenvalue weighted by Crippen LogP contribution is -2.29. The maximum Gasteiger partial charge on any atom is 0.217 e. The number of carbonyl (C=O) groups excluding carboxylic acids is 1. The summed E-state index contributed by atoms with van der Waals surface area (Å²) in [7, 11) is 0. The molecule has 2 unspecified atom stereocenters. The van der Waals surface area contributed by atoms with Crippen LogP contribution in [0.3, 0.4) is 0 Å². The first-order valence-corrected chi connectivity index (χ1v) is 9.10. The number of carbonyl (C=O) groups is 1. The number of benzene rings is 2. The van der Waals surface area contributed by atoms with E-state index in [0.29, 0.717) is 23.1 Å². The number of para-hydroxylation sites is 2. The molecule has 6 nitrogen and oxygen atoms in total. The Morgan fingerprint density at radius 3 is 2.67 bits per heavy atom. The number of halogens is 1. The van der Waals surface area contributed by atoms with Crippen molar-refractivity contribution in [2.24, 2.45) is 0 Å². The number of aliphatic hydroxyl groups is 1. The normalized spacial score (nSPS) is 13.3. The minimum absolute atomic E-state index is 0.127. The molecule has 0 radical (unpaired) electrons. The molecule has 27 heavy (non-hydrogen) atoms. The van der Waals surface area contributed by atoms with Crippen molar-refractivity contribution < 1.29 is 14.6 Å². The van der Waals surface area contributed by atoms with Gasteiger partial charge in [0.25, 0.3) is 0 Å². The number of amides is 1. The minimum Gasteiger partial charge on any atom is -0.491 e. The summed E-state index contributed by atoms with van der Waals surface area (Å²) in [6.45, 7) is 3.77. The molecule has 142 valence electrons. The molecule has 3 rings (SSSR count). The summed E-state index contributed by atoms with van der Waals surface area (Å²) >= 11 is 5.86. The number of imidazole rings is 1. The van der Waals surface area contributed by atoms with Gasteiger partial charge in [-0.05, 0) is 43.3 Å². The highest BCUT2D eigenvalue weighted by Gasteiger charge is 2.19. The van der Waals surface area contributed by atoms with Crippen molar-refractivity contribution >= 4 is 28.5 Å². The minimum atomic E-state index is -0.749. The maximum atomic E-state index is 11.4. The summed E-state index contributed by atoms with van der Waals surface area (Å²) in [6, 6.07) is 14.4. The number of fused-ring (bicyclic) bond motifs is 1. The molecule has 1 aromatic heterocycles. The van der Waals surface area contributed by atoms with Gasteiger partial charge in [0.15, 0.2) is 0 Å². The SMILES string of the molecule is CC(=O)NC(C)c1nc2ccccc2n1CC(O)COc1ccc(Cl)cc1. The van der Waals surface area contributed by atoms with Gasteiger partial charge < -0.3 is 19.7 Å². The van der Waals surface area contributed by atoms with Crippen LogP contribution >= 0.6 is 11.6 Å². The second kappa shape index (κ2) is 8.41. The molecule has 2 aromatic carbocycles. The van der Waals surface area contributed by atoms with E-state index in [-0.39, 0.29) is 18.6 Å². The zero-order chi connectivity index (χ0) is 19.4. The fourth-order valence-corrected chi connectivity index (χ4v) is 3.10. The van der Waals surface area contributed by atoms with Crippen LogP contribution in [0.1, 0.15) is 25.7 Å². The monoisotopic (exact) mass is 387 g/mol. The molecule has 0 bridgehead atoms. The number of nitrogens with one attached hydrogen (secondary N) is 1. The van der Waals surface area contributed by atoms with Crippen LogP contribution in [0.2, 0.25) is 5.02 Å². The molecule has 0 aliphatic heterocycles. The Hall–Kier alpha value is -2.57. The molecule has 0 fully saturated rings. The highest BCUT2D eigenvalue weighted by atomic mass is 35.5. The topological polar surface area (TPSA) is 76.4 Å². The van der Waals surface area contributed by atoms with E-state index in [1.54, 1.807) is 24.3 Å². The van der Waals surface area contributed by atoms with Crippen molar-refractivity contribution in [3.63, 3.8) is 0 Å². The summed E-state index contributed by atoms with van der Waals surface area (Å²) in [5.74, 6) is 1.20. The van der Waals surface area contributed by atoms with E-state index in [1.807, 2.05) is 35.8 Å². The Labute approximate surface area is 162 Å². The summed E-state index contributed by atoms with van der Waals surface area (Å²) in [6.07, 6.45) is -0.749. The summed E-state index contributed by atoms with van der Waals surface area (Å²) in [4.78, 5) is 16.1. The molecule has 0 spiro atoms. The number of ether oxygens (including phenoxy) is 1. The average molecular weight is 388 g/mol. The number of nitrogens with zero attached hydrogens (tertiary/aromatic N) is 2. The third-order valence-corrected chi connectivity index (χ3v) is 4.39. The quantitative estimate of drug-likeness (QED) is 0.652. The van der Waals surface area contributed by atoms with Gasteiger partial charge in [-0.3, -0.25) is 4.79 Å². The Balaban J connectivity index is 1.77. The number of hydrogen-bond donors (Lipinski definition) is 2. The summed E-state index contributed by atoms with van der Waals surface area (Å²) < 4.78 is 7.56. The van der Waals surface area contributed by atoms with Gasteiger partial charge in [0.2, 0.25) is 5.91 Å². The third-order valence-electron chi connectivity index (χ3n) is 4.14. The van der Waals surface area contributed by atoms with Crippen molar-refractivity contribution in [2.45, 2.75) is 32.5 Å². The molecule has 3 aromatic rings. The lowest BCUT2D eigenvalue weighted by molar-refractivity contribution is -0.119. The van der Waals surface area contributed by atoms with Crippen molar-refractivity contribution in [3.05, 3.63) is 59.4 Å². The van der Waals surface area contributed by atoms with Gasteiger partial charge in [-0.25, -0.2) is 4.98 Å². The number of aromatic nitrogens is 2. The van der Waals surface area contributed by atoms with Gasteiger partial charge in [-0.2, -0.15) is 0 Å². The Morgan fingerprint density at radius 2 is 1.96 bits per heavy atom. The number of aliphatic hydroxyl groups excluding tert-OH is 1. The largest absolute Gasteiger partial charge is 0.491 e. The smallest absolute Gasteiger partial charge is 0.217 e. The standard InChI is InChI=1S/C20H22ClN3O3/c1-13(22-14(2)25)20-23-18-5-3-4-6-19(18)24(20)11-16(26)12-27-17-9-7-15(21)8-10-17/h3-10,13,16,26H,11-12H2,1-2H3,(H,22,25). The van der Waals surface area contributed by atoms with Gasteiger partial charge in [0.1, 0.15) is 24.3 Å². The molecule has 2 atom stereocenters. The van der Waals surface area contributed by atoms with E-state index < -0.39 is 6.10 Å². The van der Waals surface area contributed by atoms with Crippen LogP contribution in [-0.4, -0.2) is 33.3 Å². The fourth-order valence-electron chi connectivity index (χ4n) is 2.97. The Kier molecular flexibility index (Phi) is 5.98. The van der Waals surface area contributed by atoms with E-state index in [4.69, 9.17) is 16.3 Å². The highest BCUT2D eigenvalue weighted by molar-refractivity contribution is 6.30. The molecule has 2 N–H and O–H groups in total. The highest BCUT2D eigenvalue weighted by Crippen LogP contribution is 2.22. The van der Waals surface area contributed by atoms with Gasteiger partial charge >= 0.3 is 0 Å². The van der Waals surface area contributed by atoms with Crippen molar-refractivity contribution in [3.8, 4) is 5.75 Å². The van der Waals surface area contributed by atoms with Crippen LogP contribution in [0, 0.1) is 0 Å². The Morgan fingerprint density at radius 1 is 1.26 bits per heavy atom. The van der Waals surface area contributed by atoms with Crippen LogP contribution in [-0.2, 0) is 11.3 Å². The molecule has 0 aliphatic rings. The van der Waals surface area contributed by atoms with Gasteiger partial charge in [-0.15, -0.1) is 0 Å². The summed E-state index contributed by atoms with van der Waals surface area (Å²) in [5.41, 5.74) is 1.71. The van der Waals surface area contributed by atoms with Crippen molar-refractivity contribution in [2.75, 3.05) is 6.61 Å². The molecular weight excluding hydrogens is 366 g/mol. The van der Waals surface area contributed by atoms with E-state index >= 15 is 0 Å². The average Bonchev–Trinajstić information content (AvgIpc) is 2.99. The molecule has 1 heterocycles. The zero-order valence-electron chi connectivity index (χ0n) is 15.2. The lowest BCUT2D eigenvalue weighted by Gasteiger charge is -2.18. The van der Waals surface area contributed by atoms with E-state index in [9.17, 15) is 9.90 Å². The van der Waals surface area contributed by atoms with Crippen molar-refractivity contribution in [1.82, 2.24) is 14.9 Å². The number of rotatable bonds is 7. The van der Waals surface area contributed by atoms with E-state index in [2.05, 4.69) is 10.3 Å². The fraction of sp³-hybridized carbons (Fsp3) is 0.300. The van der Waals surface area contributed by atoms with Crippen LogP contribution < -0.4 is 10.1 Å². The van der Waals surface area contributed by atoms with Crippen LogP contribution in [0.25, 0.3) is 11.0 Å². The zero-order valence-corrected chi connectivity index (χ0v) is 16.0. The second-order valence-corrected chi connectivity index (χ2v) is 6.85. The lowest BCUT2D eigenvalue weighted by atomic mass is 10.2.